The van der Waals surface area contributed by atoms with Gasteiger partial charge < -0.3 is 20.9 Å². The number of carbonyl (C=O) groups is 1. The van der Waals surface area contributed by atoms with Crippen molar-refractivity contribution in [2.75, 3.05) is 12.4 Å². The van der Waals surface area contributed by atoms with Crippen molar-refractivity contribution in [3.8, 4) is 5.75 Å². The number of ether oxygens (including phenoxy) is 1. The molecule has 7 nitrogen and oxygen atoms in total. The lowest BCUT2D eigenvalue weighted by Gasteiger charge is -2.24. The Hall–Kier alpha value is -3.66. The van der Waals surface area contributed by atoms with Gasteiger partial charge >= 0.3 is 6.18 Å². The lowest BCUT2D eigenvalue weighted by molar-refractivity contribution is -0.137. The maximum atomic E-state index is 13.3. The topological polar surface area (TPSA) is 110 Å². The van der Waals surface area contributed by atoms with Gasteiger partial charge in [0.1, 0.15) is 17.9 Å². The molecule has 2 aromatic carbocycles. The van der Waals surface area contributed by atoms with Crippen molar-refractivity contribution in [2.24, 2.45) is 5.73 Å². The van der Waals surface area contributed by atoms with Crippen LogP contribution in [0.15, 0.2) is 42.7 Å². The minimum atomic E-state index is -4.58. The van der Waals surface area contributed by atoms with Crippen molar-refractivity contribution < 1.29 is 27.8 Å². The third-order valence-electron chi connectivity index (χ3n) is 5.06. The van der Waals surface area contributed by atoms with Gasteiger partial charge in [-0.2, -0.15) is 13.2 Å². The average molecular weight is 460 g/mol. The van der Waals surface area contributed by atoms with Gasteiger partial charge in [0.2, 0.25) is 5.91 Å². The van der Waals surface area contributed by atoms with Crippen molar-refractivity contribution in [3.05, 3.63) is 59.4 Å². The molecule has 0 saturated heterocycles. The van der Waals surface area contributed by atoms with E-state index >= 15 is 0 Å². The summed E-state index contributed by atoms with van der Waals surface area (Å²) >= 11 is 0. The predicted molar refractivity (Wildman–Crippen MR) is 119 cm³/mol. The molecule has 4 N–H and O–H groups in total. The van der Waals surface area contributed by atoms with E-state index in [1.54, 1.807) is 19.1 Å². The molecule has 0 fully saturated rings. The highest BCUT2D eigenvalue weighted by molar-refractivity contribution is 6.20. The van der Waals surface area contributed by atoms with Crippen LogP contribution in [-0.2, 0) is 16.6 Å². The molecule has 0 unspecified atom stereocenters. The van der Waals surface area contributed by atoms with Crippen molar-refractivity contribution in [3.63, 3.8) is 0 Å². The average Bonchev–Trinajstić information content (AvgIpc) is 2.72. The van der Waals surface area contributed by atoms with Crippen molar-refractivity contribution in [1.29, 1.82) is 0 Å². The lowest BCUT2D eigenvalue weighted by atomic mass is 9.94. The Kier molecular flexibility index (Phi) is 6.33. The quantitative estimate of drug-likeness (QED) is 0.467. The number of carbonyl (C=O) groups excluding carboxylic acids is 1. The molecule has 0 aliphatic carbocycles. The molecule has 33 heavy (non-hydrogen) atoms. The van der Waals surface area contributed by atoms with Crippen LogP contribution in [0.5, 0.6) is 5.75 Å². The van der Waals surface area contributed by atoms with Crippen molar-refractivity contribution >= 4 is 33.9 Å². The molecule has 0 bridgehead atoms. The van der Waals surface area contributed by atoms with Gasteiger partial charge in [0, 0.05) is 33.8 Å². The number of anilines is 2. The minimum Gasteiger partial charge on any atom is -0.496 e. The molecule has 0 atom stereocenters. The van der Waals surface area contributed by atoms with Crippen LogP contribution in [0, 0.1) is 0 Å². The number of benzene rings is 2. The molecule has 3 rings (SSSR count). The predicted octanol–water partition coefficient (Wildman–Crippen LogP) is 4.52. The van der Waals surface area contributed by atoms with E-state index in [4.69, 9.17) is 10.5 Å². The number of hydrogen-bond donors (Lipinski definition) is 3. The first-order valence-corrected chi connectivity index (χ1v) is 9.87. The third kappa shape index (κ3) is 4.90. The standard InChI is InChI=1S/C23H23F3N4O3/c1-5-13(20(27)31)14-9-15-17(10-19(14)33-4)28-11-29-21(15)30-18-8-12(23(24,25)26)6-7-16(18)22(2,3)32/h5-11,32H,1-4H3,(H2,27,31)(H,28,29,30). The summed E-state index contributed by atoms with van der Waals surface area (Å²) in [7, 11) is 1.43. The zero-order valence-corrected chi connectivity index (χ0v) is 18.4. The molecule has 1 heterocycles. The number of nitrogens with two attached hydrogens (primary N) is 1. The zero-order chi connectivity index (χ0) is 24.6. The molecule has 0 aliphatic heterocycles. The molecule has 0 saturated carbocycles. The smallest absolute Gasteiger partial charge is 0.416 e. The van der Waals surface area contributed by atoms with Gasteiger partial charge in [0.05, 0.1) is 23.8 Å². The van der Waals surface area contributed by atoms with Gasteiger partial charge in [-0.3, -0.25) is 4.79 Å². The first-order valence-electron chi connectivity index (χ1n) is 9.87. The van der Waals surface area contributed by atoms with E-state index in [0.29, 0.717) is 22.2 Å². The second-order valence-corrected chi connectivity index (χ2v) is 7.80. The van der Waals surface area contributed by atoms with Gasteiger partial charge in [-0.25, -0.2) is 9.97 Å². The van der Waals surface area contributed by atoms with Crippen LogP contribution in [0.25, 0.3) is 16.5 Å². The van der Waals surface area contributed by atoms with Gasteiger partial charge in [-0.1, -0.05) is 12.1 Å². The Morgan fingerprint density at radius 3 is 2.42 bits per heavy atom. The molecule has 10 heteroatoms. The van der Waals surface area contributed by atoms with E-state index in [1.165, 1.54) is 39.4 Å². The maximum absolute atomic E-state index is 13.3. The fourth-order valence-corrected chi connectivity index (χ4v) is 3.48. The number of aromatic nitrogens is 2. The summed E-state index contributed by atoms with van der Waals surface area (Å²) < 4.78 is 45.4. The van der Waals surface area contributed by atoms with E-state index in [0.717, 1.165) is 12.1 Å². The number of halogens is 3. The highest BCUT2D eigenvalue weighted by Crippen LogP contribution is 2.38. The van der Waals surface area contributed by atoms with Crippen molar-refractivity contribution in [1.82, 2.24) is 9.97 Å². The number of fused-ring (bicyclic) bond motifs is 1. The second kappa shape index (κ2) is 8.70. The maximum Gasteiger partial charge on any atom is 0.416 e. The minimum absolute atomic E-state index is 0.0239. The largest absolute Gasteiger partial charge is 0.496 e. The normalized spacial score (nSPS) is 12.7. The monoisotopic (exact) mass is 460 g/mol. The van der Waals surface area contributed by atoms with Gasteiger partial charge in [-0.15, -0.1) is 0 Å². The molecular weight excluding hydrogens is 437 g/mol. The molecule has 1 amide bonds. The van der Waals surface area contributed by atoms with E-state index in [9.17, 15) is 23.1 Å². The van der Waals surface area contributed by atoms with Crippen LogP contribution in [0.3, 0.4) is 0 Å². The number of nitrogens with one attached hydrogen (secondary N) is 1. The van der Waals surface area contributed by atoms with Crippen molar-refractivity contribution in [2.45, 2.75) is 32.5 Å². The van der Waals surface area contributed by atoms with E-state index in [-0.39, 0.29) is 22.6 Å². The number of amides is 1. The highest BCUT2D eigenvalue weighted by atomic mass is 19.4. The molecule has 1 aromatic heterocycles. The Bertz CT molecular complexity index is 1250. The number of hydrogen-bond acceptors (Lipinski definition) is 6. The summed E-state index contributed by atoms with van der Waals surface area (Å²) in [6.07, 6.45) is -1.81. The van der Waals surface area contributed by atoms with E-state index < -0.39 is 23.2 Å². The number of rotatable bonds is 6. The first-order chi connectivity index (χ1) is 15.4. The summed E-state index contributed by atoms with van der Waals surface area (Å²) in [5, 5.41) is 13.8. The number of alkyl halides is 3. The van der Waals surface area contributed by atoms with Crippen LogP contribution < -0.4 is 15.8 Å². The molecular formula is C23H23F3N4O3. The van der Waals surface area contributed by atoms with Crippen LogP contribution in [0.2, 0.25) is 0 Å². The Labute approximate surface area is 188 Å². The number of nitrogens with zero attached hydrogens (tertiary/aromatic N) is 2. The van der Waals surface area contributed by atoms with Crippen LogP contribution >= 0.6 is 0 Å². The van der Waals surface area contributed by atoms with Gasteiger partial charge in [0.25, 0.3) is 0 Å². The summed E-state index contributed by atoms with van der Waals surface area (Å²) in [4.78, 5) is 20.3. The molecule has 174 valence electrons. The molecule has 0 aliphatic rings. The SMILES string of the molecule is CC=C(C(N)=O)c1cc2c(Nc3cc(C(F)(F)F)ccc3C(C)(C)O)ncnc2cc1OC. The highest BCUT2D eigenvalue weighted by Gasteiger charge is 2.32. The summed E-state index contributed by atoms with van der Waals surface area (Å²) in [5.41, 5.74) is 4.42. The Morgan fingerprint density at radius 2 is 1.88 bits per heavy atom. The molecule has 0 radical (unpaired) electrons. The fourth-order valence-electron chi connectivity index (χ4n) is 3.48. The number of methoxy groups -OCH3 is 1. The lowest BCUT2D eigenvalue weighted by Crippen LogP contribution is -2.19. The number of allylic oxidation sites excluding steroid dienone is 1. The number of aliphatic hydroxyl groups is 1. The van der Waals surface area contributed by atoms with Gasteiger partial charge in [-0.05, 0) is 39.0 Å². The zero-order valence-electron chi connectivity index (χ0n) is 18.4. The fraction of sp³-hybridized carbons (Fsp3) is 0.261. The Balaban J connectivity index is 2.24. The molecule has 0 spiro atoms. The first kappa shape index (κ1) is 24.0. The summed E-state index contributed by atoms with van der Waals surface area (Å²) in [5.74, 6) is -0.160. The third-order valence-corrected chi connectivity index (χ3v) is 5.06. The molecule has 3 aromatic rings. The van der Waals surface area contributed by atoms with Gasteiger partial charge in [0.15, 0.2) is 0 Å². The van der Waals surface area contributed by atoms with Crippen LogP contribution in [0.1, 0.15) is 37.5 Å². The van der Waals surface area contributed by atoms with Crippen LogP contribution in [0.4, 0.5) is 24.7 Å². The number of primary amides is 1. The van der Waals surface area contributed by atoms with E-state index in [1.807, 2.05) is 0 Å². The van der Waals surface area contributed by atoms with Crippen LogP contribution in [-0.4, -0.2) is 28.1 Å². The Morgan fingerprint density at radius 1 is 1.18 bits per heavy atom. The summed E-state index contributed by atoms with van der Waals surface area (Å²) in [6, 6.07) is 6.19. The summed E-state index contributed by atoms with van der Waals surface area (Å²) in [6.45, 7) is 4.57. The van der Waals surface area contributed by atoms with E-state index in [2.05, 4.69) is 15.3 Å². The second-order valence-electron chi connectivity index (χ2n) is 7.80.